The van der Waals surface area contributed by atoms with Crippen LogP contribution in [0.15, 0.2) is 0 Å². The maximum Gasteiger partial charge on any atom is 0.408 e. The highest BCUT2D eigenvalue weighted by Gasteiger charge is 2.23. The van der Waals surface area contributed by atoms with Crippen molar-refractivity contribution >= 4 is 23.8 Å². The Labute approximate surface area is 129 Å². The normalized spacial score (nSPS) is 13.0. The number of methoxy groups -OCH3 is 2. The summed E-state index contributed by atoms with van der Waals surface area (Å²) < 4.78 is 15.1. The average Bonchev–Trinajstić information content (AvgIpc) is 2.35. The zero-order valence-electron chi connectivity index (χ0n) is 13.2. The van der Waals surface area contributed by atoms with Gasteiger partial charge in [0, 0.05) is 20.0 Å². The molecule has 1 amide bonds. The van der Waals surface area contributed by atoms with Gasteiger partial charge in [0.2, 0.25) is 0 Å². The van der Waals surface area contributed by atoms with E-state index in [9.17, 15) is 9.59 Å². The first-order valence-electron chi connectivity index (χ1n) is 6.55. The van der Waals surface area contributed by atoms with E-state index in [1.807, 2.05) is 0 Å². The van der Waals surface area contributed by atoms with E-state index in [2.05, 4.69) is 5.32 Å². The van der Waals surface area contributed by atoms with Gasteiger partial charge in [-0.25, -0.2) is 9.59 Å². The van der Waals surface area contributed by atoms with E-state index in [1.54, 1.807) is 35.0 Å². The van der Waals surface area contributed by atoms with Crippen LogP contribution in [0, 0.1) is 0 Å². The van der Waals surface area contributed by atoms with Crippen molar-refractivity contribution in [2.45, 2.75) is 45.1 Å². The highest BCUT2D eigenvalue weighted by Crippen LogP contribution is 2.11. The molecule has 8 heteroatoms. The van der Waals surface area contributed by atoms with Crippen molar-refractivity contribution in [1.29, 1.82) is 0 Å². The number of carboxylic acids is 1. The topological polar surface area (TPSA) is 94.1 Å². The van der Waals surface area contributed by atoms with Crippen molar-refractivity contribution in [1.82, 2.24) is 5.32 Å². The number of alkyl carbamates (subject to hydrolysis) is 1. The molecule has 0 fully saturated rings. The zero-order chi connectivity index (χ0) is 16.5. The van der Waals surface area contributed by atoms with Gasteiger partial charge >= 0.3 is 12.1 Å². The summed E-state index contributed by atoms with van der Waals surface area (Å²) in [7, 11) is 3.08. The number of nitrogens with one attached hydrogen (secondary N) is 1. The van der Waals surface area contributed by atoms with E-state index in [-0.39, 0.29) is 6.29 Å². The number of hydrogen-bond acceptors (Lipinski definition) is 6. The number of hydrogen-bond donors (Lipinski definition) is 2. The second kappa shape index (κ2) is 9.86. The van der Waals surface area contributed by atoms with Gasteiger partial charge in [-0.05, 0) is 32.9 Å². The Morgan fingerprint density at radius 1 is 1.24 bits per heavy atom. The van der Waals surface area contributed by atoms with Crippen LogP contribution < -0.4 is 5.32 Å². The molecular weight excluding hydrogens is 298 g/mol. The number of amides is 1. The molecule has 0 spiro atoms. The molecule has 0 heterocycles. The van der Waals surface area contributed by atoms with Gasteiger partial charge in [0.05, 0.1) is 0 Å². The van der Waals surface area contributed by atoms with Gasteiger partial charge in [0.15, 0.2) is 6.29 Å². The quantitative estimate of drug-likeness (QED) is 0.492. The third-order valence-electron chi connectivity index (χ3n) is 2.32. The first-order chi connectivity index (χ1) is 9.69. The molecule has 0 aliphatic carbocycles. The number of carboxylic acid groups (broad SMARTS) is 1. The lowest BCUT2D eigenvalue weighted by atomic mass is 10.2. The molecule has 0 rings (SSSR count). The van der Waals surface area contributed by atoms with Crippen LogP contribution in [0.1, 0.15) is 27.2 Å². The molecule has 1 atom stereocenters. The van der Waals surface area contributed by atoms with Crippen LogP contribution >= 0.6 is 11.8 Å². The van der Waals surface area contributed by atoms with Gasteiger partial charge in [0.25, 0.3) is 0 Å². The largest absolute Gasteiger partial charge is 0.480 e. The molecule has 1 unspecified atom stereocenters. The Morgan fingerprint density at radius 2 is 1.81 bits per heavy atom. The summed E-state index contributed by atoms with van der Waals surface area (Å²) in [4.78, 5) is 22.7. The van der Waals surface area contributed by atoms with E-state index >= 15 is 0 Å². The molecule has 0 saturated heterocycles. The Balaban J connectivity index is 4.14. The standard InChI is InChI=1S/C13H25NO6S/c1-13(2,3)20-12(17)14-9(11(15)16)6-7-21-8-10(18-4)19-5/h9-10H,6-8H2,1-5H3,(H,14,17)(H,15,16). The number of thioether (sulfide) groups is 1. The predicted octanol–water partition coefficient (Wildman–Crippen LogP) is 1.71. The van der Waals surface area contributed by atoms with Crippen molar-refractivity contribution in [3.63, 3.8) is 0 Å². The molecule has 0 aliphatic heterocycles. The van der Waals surface area contributed by atoms with E-state index in [4.69, 9.17) is 19.3 Å². The fraction of sp³-hybridized carbons (Fsp3) is 0.846. The first kappa shape index (κ1) is 20.0. The molecule has 0 aliphatic rings. The Hall–Kier alpha value is -0.990. The van der Waals surface area contributed by atoms with Crippen molar-refractivity contribution in [3.05, 3.63) is 0 Å². The number of aliphatic carboxylic acids is 1. The predicted molar refractivity (Wildman–Crippen MR) is 80.5 cm³/mol. The molecule has 2 N–H and O–H groups in total. The number of rotatable bonds is 9. The zero-order valence-corrected chi connectivity index (χ0v) is 14.0. The van der Waals surface area contributed by atoms with Gasteiger partial charge in [0.1, 0.15) is 11.6 Å². The van der Waals surface area contributed by atoms with Crippen LogP contribution in [0.5, 0.6) is 0 Å². The highest BCUT2D eigenvalue weighted by atomic mass is 32.2. The monoisotopic (exact) mass is 323 g/mol. The summed E-state index contributed by atoms with van der Waals surface area (Å²) in [6, 6.07) is -0.976. The van der Waals surface area contributed by atoms with Crippen molar-refractivity contribution < 1.29 is 28.9 Å². The summed E-state index contributed by atoms with van der Waals surface area (Å²) >= 11 is 1.49. The molecule has 124 valence electrons. The van der Waals surface area contributed by atoms with Crippen LogP contribution in [-0.2, 0) is 19.0 Å². The molecule has 0 aromatic heterocycles. The molecule has 7 nitrogen and oxygen atoms in total. The second-order valence-corrected chi connectivity index (χ2v) is 6.45. The fourth-order valence-electron chi connectivity index (χ4n) is 1.32. The van der Waals surface area contributed by atoms with Crippen LogP contribution in [0.4, 0.5) is 4.79 Å². The minimum atomic E-state index is -1.09. The first-order valence-corrected chi connectivity index (χ1v) is 7.70. The maximum absolute atomic E-state index is 11.6. The summed E-state index contributed by atoms with van der Waals surface area (Å²) in [5, 5.41) is 11.4. The minimum absolute atomic E-state index is 0.291. The molecule has 0 bridgehead atoms. The van der Waals surface area contributed by atoms with Gasteiger partial charge < -0.3 is 24.6 Å². The van der Waals surface area contributed by atoms with Gasteiger partial charge in [-0.3, -0.25) is 0 Å². The average molecular weight is 323 g/mol. The lowest BCUT2D eigenvalue weighted by Gasteiger charge is -2.22. The Kier molecular flexibility index (Phi) is 9.39. The van der Waals surface area contributed by atoms with Gasteiger partial charge in [-0.1, -0.05) is 0 Å². The third kappa shape index (κ3) is 10.4. The second-order valence-electron chi connectivity index (χ2n) is 5.30. The number of carbonyl (C=O) groups excluding carboxylic acids is 1. The summed E-state index contributed by atoms with van der Waals surface area (Å²) in [5.41, 5.74) is -0.661. The third-order valence-corrected chi connectivity index (χ3v) is 3.35. The molecule has 0 saturated carbocycles. The summed E-state index contributed by atoms with van der Waals surface area (Å²) in [6.45, 7) is 5.15. The van der Waals surface area contributed by atoms with Crippen molar-refractivity contribution in [2.75, 3.05) is 25.7 Å². The van der Waals surface area contributed by atoms with E-state index in [1.165, 1.54) is 11.8 Å². The fourth-order valence-corrected chi connectivity index (χ4v) is 2.35. The summed E-state index contributed by atoms with van der Waals surface area (Å²) in [5.74, 6) is 0.0541. The number of ether oxygens (including phenoxy) is 3. The van der Waals surface area contributed by atoms with Crippen LogP contribution in [0.2, 0.25) is 0 Å². The van der Waals surface area contributed by atoms with E-state index < -0.39 is 23.7 Å². The molecule has 21 heavy (non-hydrogen) atoms. The molecule has 0 radical (unpaired) electrons. The van der Waals surface area contributed by atoms with Crippen molar-refractivity contribution in [2.24, 2.45) is 0 Å². The molecule has 0 aromatic carbocycles. The molecule has 0 aromatic rings. The SMILES string of the molecule is COC(CSCCC(NC(=O)OC(C)(C)C)C(=O)O)OC. The van der Waals surface area contributed by atoms with Crippen LogP contribution in [0.25, 0.3) is 0 Å². The van der Waals surface area contributed by atoms with Crippen LogP contribution in [-0.4, -0.2) is 60.8 Å². The van der Waals surface area contributed by atoms with Gasteiger partial charge in [-0.2, -0.15) is 11.8 Å². The molecular formula is C13H25NO6S. The lowest BCUT2D eigenvalue weighted by Crippen LogP contribution is -2.43. The minimum Gasteiger partial charge on any atom is -0.480 e. The number of carbonyl (C=O) groups is 2. The van der Waals surface area contributed by atoms with Gasteiger partial charge in [-0.15, -0.1) is 0 Å². The van der Waals surface area contributed by atoms with Crippen molar-refractivity contribution in [3.8, 4) is 0 Å². The lowest BCUT2D eigenvalue weighted by molar-refractivity contribution is -0.139. The van der Waals surface area contributed by atoms with E-state index in [0.717, 1.165) is 0 Å². The van der Waals surface area contributed by atoms with E-state index in [0.29, 0.717) is 17.9 Å². The highest BCUT2D eigenvalue weighted by molar-refractivity contribution is 7.99. The Bertz CT molecular complexity index is 327. The Morgan fingerprint density at radius 3 is 2.24 bits per heavy atom. The maximum atomic E-state index is 11.6. The summed E-state index contributed by atoms with van der Waals surface area (Å²) in [6.07, 6.45) is -0.761. The smallest absolute Gasteiger partial charge is 0.408 e. The van der Waals surface area contributed by atoms with Crippen LogP contribution in [0.3, 0.4) is 0 Å².